The molecule has 1 aromatic carbocycles. The fraction of sp³-hybridized carbons (Fsp3) is 0.333. The van der Waals surface area contributed by atoms with Crippen LogP contribution in [-0.4, -0.2) is 15.1 Å². The van der Waals surface area contributed by atoms with Gasteiger partial charge in [0, 0.05) is 18.1 Å². The zero-order chi connectivity index (χ0) is 14.1. The van der Waals surface area contributed by atoms with Crippen LogP contribution in [0.15, 0.2) is 22.7 Å². The lowest BCUT2D eigenvalue weighted by molar-refractivity contribution is -0.386. The minimum Gasteiger partial charge on any atom is -0.478 e. The highest BCUT2D eigenvalue weighted by molar-refractivity contribution is 5.46. The Morgan fingerprint density at radius 1 is 1.50 bits per heavy atom. The predicted molar refractivity (Wildman–Crippen MR) is 63.7 cm³/mol. The molecule has 1 saturated carbocycles. The lowest BCUT2D eigenvalue weighted by atomic mass is 10.3. The SMILES string of the molecule is O=[N+]([O-])c1ccc(F)cc1OCc1noc(C2CC2)n1. The van der Waals surface area contributed by atoms with E-state index < -0.39 is 10.7 Å². The number of hydrogen-bond acceptors (Lipinski definition) is 6. The molecule has 0 aliphatic heterocycles. The molecule has 0 saturated heterocycles. The Morgan fingerprint density at radius 2 is 2.30 bits per heavy atom. The van der Waals surface area contributed by atoms with Crippen molar-refractivity contribution in [3.05, 3.63) is 45.8 Å². The van der Waals surface area contributed by atoms with Crippen molar-refractivity contribution >= 4 is 5.69 Å². The molecule has 0 spiro atoms. The summed E-state index contributed by atoms with van der Waals surface area (Å²) in [4.78, 5) is 14.3. The molecule has 8 heteroatoms. The second kappa shape index (κ2) is 4.87. The van der Waals surface area contributed by atoms with Gasteiger partial charge >= 0.3 is 5.69 Å². The van der Waals surface area contributed by atoms with Crippen molar-refractivity contribution in [1.29, 1.82) is 0 Å². The molecule has 1 heterocycles. The lowest BCUT2D eigenvalue weighted by Crippen LogP contribution is -2.01. The Hall–Kier alpha value is -2.51. The van der Waals surface area contributed by atoms with Gasteiger partial charge in [-0.3, -0.25) is 10.1 Å². The second-order valence-corrected chi connectivity index (χ2v) is 4.48. The quantitative estimate of drug-likeness (QED) is 0.617. The summed E-state index contributed by atoms with van der Waals surface area (Å²) in [6.07, 6.45) is 2.05. The van der Waals surface area contributed by atoms with Gasteiger partial charge in [-0.2, -0.15) is 4.98 Å². The normalized spacial score (nSPS) is 14.2. The van der Waals surface area contributed by atoms with Gasteiger partial charge in [0.05, 0.1) is 4.92 Å². The van der Waals surface area contributed by atoms with Gasteiger partial charge in [-0.1, -0.05) is 5.16 Å². The maximum Gasteiger partial charge on any atom is 0.311 e. The van der Waals surface area contributed by atoms with Crippen LogP contribution >= 0.6 is 0 Å². The fourth-order valence-corrected chi connectivity index (χ4v) is 1.72. The maximum absolute atomic E-state index is 13.1. The number of nitrogens with zero attached hydrogens (tertiary/aromatic N) is 3. The maximum atomic E-state index is 13.1. The molecular formula is C12H10FN3O4. The first-order valence-corrected chi connectivity index (χ1v) is 6.02. The van der Waals surface area contributed by atoms with Crippen LogP contribution in [0.4, 0.5) is 10.1 Å². The molecule has 0 N–H and O–H groups in total. The number of halogens is 1. The molecule has 1 fully saturated rings. The van der Waals surface area contributed by atoms with Crippen LogP contribution in [0.5, 0.6) is 5.75 Å². The first-order valence-electron chi connectivity index (χ1n) is 6.02. The first-order chi connectivity index (χ1) is 9.63. The van der Waals surface area contributed by atoms with Gasteiger partial charge in [0.15, 0.2) is 12.4 Å². The highest BCUT2D eigenvalue weighted by atomic mass is 19.1. The van der Waals surface area contributed by atoms with Crippen molar-refractivity contribution in [2.24, 2.45) is 0 Å². The average Bonchev–Trinajstić information content (AvgIpc) is 3.15. The van der Waals surface area contributed by atoms with Gasteiger partial charge in [-0.05, 0) is 18.9 Å². The molecule has 0 radical (unpaired) electrons. The lowest BCUT2D eigenvalue weighted by Gasteiger charge is -2.04. The van der Waals surface area contributed by atoms with Crippen LogP contribution in [-0.2, 0) is 6.61 Å². The van der Waals surface area contributed by atoms with E-state index in [0.29, 0.717) is 11.8 Å². The van der Waals surface area contributed by atoms with Crippen LogP contribution < -0.4 is 4.74 Å². The third kappa shape index (κ3) is 2.58. The van der Waals surface area contributed by atoms with Crippen molar-refractivity contribution < 1.29 is 18.6 Å². The van der Waals surface area contributed by atoms with Gasteiger partial charge in [0.2, 0.25) is 11.7 Å². The van der Waals surface area contributed by atoms with Gasteiger partial charge < -0.3 is 9.26 Å². The standard InChI is InChI=1S/C12H10FN3O4/c13-8-3-4-9(16(17)18)10(5-8)19-6-11-14-12(20-15-11)7-1-2-7/h3-5,7H,1-2,6H2. The van der Waals surface area contributed by atoms with Gasteiger partial charge in [0.1, 0.15) is 5.82 Å². The Labute approximate surface area is 112 Å². The molecule has 0 amide bonds. The third-order valence-electron chi connectivity index (χ3n) is 2.89. The van der Waals surface area contributed by atoms with Crippen LogP contribution in [0.2, 0.25) is 0 Å². The summed E-state index contributed by atoms with van der Waals surface area (Å²) in [7, 11) is 0. The summed E-state index contributed by atoms with van der Waals surface area (Å²) in [6, 6.07) is 3.01. The number of nitro groups is 1. The van der Waals surface area contributed by atoms with E-state index in [0.717, 1.165) is 31.0 Å². The molecule has 20 heavy (non-hydrogen) atoms. The molecule has 0 unspecified atom stereocenters. The van der Waals surface area contributed by atoms with E-state index in [1.54, 1.807) is 0 Å². The second-order valence-electron chi connectivity index (χ2n) is 4.48. The van der Waals surface area contributed by atoms with Crippen LogP contribution in [0.3, 0.4) is 0 Å². The zero-order valence-corrected chi connectivity index (χ0v) is 10.3. The Bertz CT molecular complexity index is 654. The van der Waals surface area contributed by atoms with E-state index in [9.17, 15) is 14.5 Å². The number of nitro benzene ring substituents is 1. The number of benzene rings is 1. The molecule has 1 aliphatic carbocycles. The monoisotopic (exact) mass is 279 g/mol. The molecule has 0 bridgehead atoms. The first kappa shape index (κ1) is 12.5. The molecule has 3 rings (SSSR count). The topological polar surface area (TPSA) is 91.3 Å². The van der Waals surface area contributed by atoms with Crippen molar-refractivity contribution in [3.63, 3.8) is 0 Å². The van der Waals surface area contributed by atoms with E-state index in [1.165, 1.54) is 0 Å². The minimum absolute atomic E-state index is 0.111. The van der Waals surface area contributed by atoms with E-state index in [2.05, 4.69) is 10.1 Å². The molecule has 104 valence electrons. The Kier molecular flexibility index (Phi) is 3.05. The van der Waals surface area contributed by atoms with Crippen LogP contribution in [0.1, 0.15) is 30.5 Å². The average molecular weight is 279 g/mol. The highest BCUT2D eigenvalue weighted by Gasteiger charge is 2.29. The van der Waals surface area contributed by atoms with Gasteiger partial charge in [-0.15, -0.1) is 0 Å². The summed E-state index contributed by atoms with van der Waals surface area (Å²) in [5.41, 5.74) is -0.308. The number of ether oxygens (including phenoxy) is 1. The molecular weight excluding hydrogens is 269 g/mol. The van der Waals surface area contributed by atoms with Crippen molar-refractivity contribution in [2.45, 2.75) is 25.4 Å². The van der Waals surface area contributed by atoms with Crippen LogP contribution in [0, 0.1) is 15.9 Å². The van der Waals surface area contributed by atoms with Crippen molar-refractivity contribution in [1.82, 2.24) is 10.1 Å². The molecule has 1 aliphatic rings. The molecule has 1 aromatic heterocycles. The summed E-state index contributed by atoms with van der Waals surface area (Å²) >= 11 is 0. The Morgan fingerprint density at radius 3 is 3.00 bits per heavy atom. The van der Waals surface area contributed by atoms with E-state index in [4.69, 9.17) is 9.26 Å². The molecule has 0 atom stereocenters. The zero-order valence-electron chi connectivity index (χ0n) is 10.3. The molecule has 2 aromatic rings. The van der Waals surface area contributed by atoms with E-state index >= 15 is 0 Å². The largest absolute Gasteiger partial charge is 0.478 e. The van der Waals surface area contributed by atoms with Gasteiger partial charge in [0.25, 0.3) is 0 Å². The summed E-state index contributed by atoms with van der Waals surface area (Å²) in [5, 5.41) is 14.5. The smallest absolute Gasteiger partial charge is 0.311 e. The third-order valence-corrected chi connectivity index (χ3v) is 2.89. The van der Waals surface area contributed by atoms with E-state index in [1.807, 2.05) is 0 Å². The highest BCUT2D eigenvalue weighted by Crippen LogP contribution is 2.38. The van der Waals surface area contributed by atoms with Crippen molar-refractivity contribution in [2.75, 3.05) is 0 Å². The van der Waals surface area contributed by atoms with E-state index in [-0.39, 0.29) is 23.9 Å². The van der Waals surface area contributed by atoms with Gasteiger partial charge in [-0.25, -0.2) is 4.39 Å². The number of rotatable bonds is 5. The summed E-state index contributed by atoms with van der Waals surface area (Å²) < 4.78 is 23.3. The Balaban J connectivity index is 1.73. The molecule has 7 nitrogen and oxygen atoms in total. The fourth-order valence-electron chi connectivity index (χ4n) is 1.72. The summed E-state index contributed by atoms with van der Waals surface area (Å²) in [6.45, 7) is -0.111. The predicted octanol–water partition coefficient (Wildman–Crippen LogP) is 2.57. The van der Waals surface area contributed by atoms with Crippen molar-refractivity contribution in [3.8, 4) is 5.75 Å². The number of aromatic nitrogens is 2. The minimum atomic E-state index is -0.638. The number of hydrogen-bond donors (Lipinski definition) is 0. The summed E-state index contributed by atoms with van der Waals surface area (Å²) in [5.74, 6) is 0.382. The van der Waals surface area contributed by atoms with Crippen LogP contribution in [0.25, 0.3) is 0 Å².